The summed E-state index contributed by atoms with van der Waals surface area (Å²) in [4.78, 5) is 28.1. The first-order valence-corrected chi connectivity index (χ1v) is 12.4. The number of furan rings is 1. The lowest BCUT2D eigenvalue weighted by atomic mass is 10.1. The van der Waals surface area contributed by atoms with Crippen molar-refractivity contribution in [3.05, 3.63) is 83.9 Å². The molecule has 3 aromatic carbocycles. The van der Waals surface area contributed by atoms with Crippen LogP contribution in [0, 0.1) is 0 Å². The van der Waals surface area contributed by atoms with Crippen LogP contribution in [0.1, 0.15) is 29.8 Å². The number of para-hydroxylation sites is 2. The standard InChI is InChI=1S/C29H32N4O4/c1-3-32(4-2)19-21-9-14-27-23(17-21)18-28(37-27)33(20-34)15-16-36-24-12-10-22(11-13-24)29(35)31-26-8-6-5-7-25(26)30/h5-14,17-18,20H,3-4,15-16,19,30H2,1-2H3,(H,31,35). The number of anilines is 3. The summed E-state index contributed by atoms with van der Waals surface area (Å²) >= 11 is 0. The molecule has 0 fully saturated rings. The largest absolute Gasteiger partial charge is 0.492 e. The highest BCUT2D eigenvalue weighted by Gasteiger charge is 2.13. The molecule has 4 aromatic rings. The van der Waals surface area contributed by atoms with E-state index in [-0.39, 0.29) is 12.5 Å². The molecule has 8 nitrogen and oxygen atoms in total. The quantitative estimate of drug-likeness (QED) is 0.206. The van der Waals surface area contributed by atoms with Crippen molar-refractivity contribution in [3.63, 3.8) is 0 Å². The molecule has 2 amide bonds. The fraction of sp³-hybridized carbons (Fsp3) is 0.241. The summed E-state index contributed by atoms with van der Waals surface area (Å²) < 4.78 is 11.7. The third kappa shape index (κ3) is 6.48. The van der Waals surface area contributed by atoms with E-state index in [4.69, 9.17) is 14.9 Å². The highest BCUT2D eigenvalue weighted by Crippen LogP contribution is 2.27. The van der Waals surface area contributed by atoms with Gasteiger partial charge in [0, 0.05) is 23.6 Å². The Balaban J connectivity index is 1.33. The maximum atomic E-state index is 12.5. The summed E-state index contributed by atoms with van der Waals surface area (Å²) in [5.41, 5.74) is 9.37. The lowest BCUT2D eigenvalue weighted by molar-refractivity contribution is -0.107. The summed E-state index contributed by atoms with van der Waals surface area (Å²) in [7, 11) is 0. The van der Waals surface area contributed by atoms with Gasteiger partial charge in [-0.2, -0.15) is 0 Å². The molecule has 0 unspecified atom stereocenters. The van der Waals surface area contributed by atoms with Gasteiger partial charge in [-0.1, -0.05) is 32.0 Å². The zero-order valence-electron chi connectivity index (χ0n) is 21.1. The number of fused-ring (bicyclic) bond motifs is 1. The average Bonchev–Trinajstić information content (AvgIpc) is 3.34. The van der Waals surface area contributed by atoms with Gasteiger partial charge in [0.15, 0.2) is 0 Å². The number of benzene rings is 3. The summed E-state index contributed by atoms with van der Waals surface area (Å²) in [6.45, 7) is 7.72. The van der Waals surface area contributed by atoms with Crippen molar-refractivity contribution in [1.82, 2.24) is 4.90 Å². The fourth-order valence-electron chi connectivity index (χ4n) is 4.01. The van der Waals surface area contributed by atoms with Gasteiger partial charge in [-0.05, 0) is 67.2 Å². The lowest BCUT2D eigenvalue weighted by Gasteiger charge is -2.17. The smallest absolute Gasteiger partial charge is 0.255 e. The van der Waals surface area contributed by atoms with Gasteiger partial charge in [0.25, 0.3) is 5.91 Å². The zero-order valence-corrected chi connectivity index (χ0v) is 21.1. The first-order chi connectivity index (χ1) is 18.0. The average molecular weight is 501 g/mol. The van der Waals surface area contributed by atoms with Gasteiger partial charge >= 0.3 is 0 Å². The van der Waals surface area contributed by atoms with E-state index in [1.54, 1.807) is 42.5 Å². The van der Waals surface area contributed by atoms with Gasteiger partial charge in [0.1, 0.15) is 17.9 Å². The predicted octanol–water partition coefficient (Wildman–Crippen LogP) is 5.15. The van der Waals surface area contributed by atoms with E-state index in [2.05, 4.69) is 36.2 Å². The summed E-state index contributed by atoms with van der Waals surface area (Å²) in [6.07, 6.45) is 0.737. The van der Waals surface area contributed by atoms with Crippen molar-refractivity contribution in [1.29, 1.82) is 0 Å². The molecule has 8 heteroatoms. The molecular formula is C29H32N4O4. The molecule has 0 bridgehead atoms. The Morgan fingerprint density at radius 3 is 2.49 bits per heavy atom. The summed E-state index contributed by atoms with van der Waals surface area (Å²) in [5.74, 6) is 0.801. The van der Waals surface area contributed by atoms with Crippen LogP contribution in [-0.2, 0) is 11.3 Å². The second kappa shape index (κ2) is 12.1. The Hall–Kier alpha value is -4.30. The monoisotopic (exact) mass is 500 g/mol. The molecule has 0 radical (unpaired) electrons. The van der Waals surface area contributed by atoms with Crippen LogP contribution in [0.4, 0.5) is 17.3 Å². The number of carbonyl (C=O) groups excluding carboxylic acids is 2. The predicted molar refractivity (Wildman–Crippen MR) is 147 cm³/mol. The number of rotatable bonds is 12. The number of nitrogen functional groups attached to an aromatic ring is 1. The van der Waals surface area contributed by atoms with Gasteiger partial charge in [-0.25, -0.2) is 0 Å². The van der Waals surface area contributed by atoms with Crippen LogP contribution in [-0.4, -0.2) is 43.5 Å². The summed E-state index contributed by atoms with van der Waals surface area (Å²) in [6, 6.07) is 21.9. The van der Waals surface area contributed by atoms with Crippen LogP contribution in [0.25, 0.3) is 11.0 Å². The van der Waals surface area contributed by atoms with E-state index >= 15 is 0 Å². The minimum absolute atomic E-state index is 0.259. The molecule has 4 rings (SSSR count). The maximum Gasteiger partial charge on any atom is 0.255 e. The van der Waals surface area contributed by atoms with Crippen LogP contribution in [0.15, 0.2) is 77.2 Å². The van der Waals surface area contributed by atoms with Crippen LogP contribution in [0.5, 0.6) is 5.75 Å². The molecule has 0 atom stereocenters. The highest BCUT2D eigenvalue weighted by molar-refractivity contribution is 6.05. The minimum Gasteiger partial charge on any atom is -0.492 e. The van der Waals surface area contributed by atoms with E-state index < -0.39 is 0 Å². The van der Waals surface area contributed by atoms with Crippen molar-refractivity contribution < 1.29 is 18.7 Å². The van der Waals surface area contributed by atoms with Crippen molar-refractivity contribution in [2.45, 2.75) is 20.4 Å². The maximum absolute atomic E-state index is 12.5. The van der Waals surface area contributed by atoms with Gasteiger partial charge in [-0.3, -0.25) is 19.4 Å². The van der Waals surface area contributed by atoms with Gasteiger partial charge in [0.05, 0.1) is 17.9 Å². The molecule has 1 aromatic heterocycles. The third-order valence-corrected chi connectivity index (χ3v) is 6.21. The second-order valence-electron chi connectivity index (χ2n) is 8.63. The number of hydrogen-bond acceptors (Lipinski definition) is 6. The Kier molecular flexibility index (Phi) is 8.43. The zero-order chi connectivity index (χ0) is 26.2. The molecule has 0 aliphatic heterocycles. The number of amides is 2. The number of carbonyl (C=O) groups is 2. The molecule has 3 N–H and O–H groups in total. The molecule has 0 saturated heterocycles. The van der Waals surface area contributed by atoms with Gasteiger partial charge < -0.3 is 20.2 Å². The van der Waals surface area contributed by atoms with E-state index in [0.29, 0.717) is 35.1 Å². The molecule has 0 saturated carbocycles. The summed E-state index contributed by atoms with van der Waals surface area (Å²) in [5, 5.41) is 3.75. The van der Waals surface area contributed by atoms with Crippen molar-refractivity contribution in [2.24, 2.45) is 0 Å². The molecule has 192 valence electrons. The van der Waals surface area contributed by atoms with Gasteiger partial charge in [-0.15, -0.1) is 0 Å². The van der Waals surface area contributed by atoms with E-state index in [1.165, 1.54) is 10.5 Å². The Morgan fingerprint density at radius 1 is 1.03 bits per heavy atom. The van der Waals surface area contributed by atoms with Crippen molar-refractivity contribution >= 4 is 40.5 Å². The van der Waals surface area contributed by atoms with Crippen LogP contribution < -0.4 is 20.7 Å². The molecule has 0 aliphatic rings. The van der Waals surface area contributed by atoms with Crippen molar-refractivity contribution in [3.8, 4) is 5.75 Å². The van der Waals surface area contributed by atoms with E-state index in [0.717, 1.165) is 37.0 Å². The fourth-order valence-corrected chi connectivity index (χ4v) is 4.01. The first-order valence-electron chi connectivity index (χ1n) is 12.4. The lowest BCUT2D eigenvalue weighted by Crippen LogP contribution is -2.26. The topological polar surface area (TPSA) is 101 Å². The number of ether oxygens (including phenoxy) is 1. The minimum atomic E-state index is -0.262. The number of hydrogen-bond donors (Lipinski definition) is 2. The number of nitrogens with one attached hydrogen (secondary N) is 1. The normalized spacial score (nSPS) is 11.0. The third-order valence-electron chi connectivity index (χ3n) is 6.21. The Labute approximate surface area is 216 Å². The van der Waals surface area contributed by atoms with E-state index in [9.17, 15) is 9.59 Å². The Morgan fingerprint density at radius 2 is 1.78 bits per heavy atom. The van der Waals surface area contributed by atoms with Crippen molar-refractivity contribution in [2.75, 3.05) is 42.2 Å². The van der Waals surface area contributed by atoms with Crippen LogP contribution >= 0.6 is 0 Å². The Bertz CT molecular complexity index is 1350. The molecule has 0 aliphatic carbocycles. The number of nitrogens with zero attached hydrogens (tertiary/aromatic N) is 2. The number of nitrogens with two attached hydrogens (primary N) is 1. The molecule has 1 heterocycles. The van der Waals surface area contributed by atoms with E-state index in [1.807, 2.05) is 18.2 Å². The molecule has 0 spiro atoms. The molecular weight excluding hydrogens is 468 g/mol. The first kappa shape index (κ1) is 25.8. The van der Waals surface area contributed by atoms with Gasteiger partial charge in [0.2, 0.25) is 12.3 Å². The molecule has 37 heavy (non-hydrogen) atoms. The van der Waals surface area contributed by atoms with Crippen LogP contribution in [0.2, 0.25) is 0 Å². The second-order valence-corrected chi connectivity index (χ2v) is 8.63. The highest BCUT2D eigenvalue weighted by atomic mass is 16.5. The SMILES string of the molecule is CCN(CC)Cc1ccc2oc(N(C=O)CCOc3ccc(C(=O)Nc4ccccc4N)cc3)cc2c1. The van der Waals surface area contributed by atoms with Crippen LogP contribution in [0.3, 0.4) is 0 Å².